The molecule has 0 spiro atoms. The van der Waals surface area contributed by atoms with Crippen LogP contribution in [0.15, 0.2) is 0 Å². The van der Waals surface area contributed by atoms with Crippen LogP contribution in [0.5, 0.6) is 0 Å². The summed E-state index contributed by atoms with van der Waals surface area (Å²) in [6, 6.07) is -0.0550. The lowest BCUT2D eigenvalue weighted by Gasteiger charge is -2.30. The molecule has 0 heterocycles. The molecule has 108 valence electrons. The first-order valence-electron chi connectivity index (χ1n) is 6.11. The van der Waals surface area contributed by atoms with E-state index in [1.165, 1.54) is 22.8 Å². The molecule has 1 unspecified atom stereocenters. The fourth-order valence-corrected chi connectivity index (χ4v) is 3.16. The summed E-state index contributed by atoms with van der Waals surface area (Å²) >= 11 is 0. The van der Waals surface area contributed by atoms with Crippen LogP contribution in [0.1, 0.15) is 33.6 Å². The van der Waals surface area contributed by atoms with Crippen LogP contribution in [0, 0.1) is 0 Å². The highest BCUT2D eigenvalue weighted by Crippen LogP contribution is 2.13. The van der Waals surface area contributed by atoms with Crippen molar-refractivity contribution in [2.45, 2.75) is 39.7 Å². The topological polar surface area (TPSA) is 66.9 Å². The summed E-state index contributed by atoms with van der Waals surface area (Å²) in [7, 11) is -0.746. The van der Waals surface area contributed by atoms with Crippen molar-refractivity contribution in [3.8, 4) is 0 Å². The normalized spacial score (nSPS) is 13.9. The van der Waals surface area contributed by atoms with Gasteiger partial charge in [0.1, 0.15) is 0 Å². The summed E-state index contributed by atoms with van der Waals surface area (Å²) in [5, 5.41) is 0. The predicted molar refractivity (Wildman–Crippen MR) is 70.3 cm³/mol. The Kier molecular flexibility index (Phi) is 7.42. The average Bonchev–Trinajstić information content (AvgIpc) is 2.35. The van der Waals surface area contributed by atoms with Crippen LogP contribution in [0.2, 0.25) is 0 Å². The summed E-state index contributed by atoms with van der Waals surface area (Å²) < 4.78 is 31.6. The number of rotatable bonds is 8. The van der Waals surface area contributed by atoms with E-state index in [9.17, 15) is 13.2 Å². The quantitative estimate of drug-likeness (QED) is 0.618. The molecule has 0 aromatic rings. The van der Waals surface area contributed by atoms with Crippen LogP contribution < -0.4 is 0 Å². The lowest BCUT2D eigenvalue weighted by atomic mass is 10.3. The monoisotopic (exact) mass is 280 g/mol. The molecule has 0 aromatic heterocycles. The van der Waals surface area contributed by atoms with Gasteiger partial charge in [-0.1, -0.05) is 13.8 Å². The SMILES string of the molecule is CCC(C)N(CC)S(=O)(=O)N(C)CCC(=O)OC. The number of carbonyl (C=O) groups excluding carboxylic acids is 1. The van der Waals surface area contributed by atoms with Crippen LogP contribution >= 0.6 is 0 Å². The van der Waals surface area contributed by atoms with Crippen LogP contribution in [0.4, 0.5) is 0 Å². The number of carbonyl (C=O) groups is 1. The molecular formula is C11H24N2O4S. The van der Waals surface area contributed by atoms with Gasteiger partial charge in [0.25, 0.3) is 10.2 Å². The number of nitrogens with zero attached hydrogens (tertiary/aromatic N) is 2. The average molecular weight is 280 g/mol. The van der Waals surface area contributed by atoms with Gasteiger partial charge in [0.15, 0.2) is 0 Å². The number of methoxy groups -OCH3 is 1. The van der Waals surface area contributed by atoms with Gasteiger partial charge >= 0.3 is 5.97 Å². The largest absolute Gasteiger partial charge is 0.469 e. The highest BCUT2D eigenvalue weighted by Gasteiger charge is 2.29. The molecule has 1 atom stereocenters. The molecule has 0 saturated heterocycles. The van der Waals surface area contributed by atoms with Crippen LogP contribution in [-0.2, 0) is 19.7 Å². The fraction of sp³-hybridized carbons (Fsp3) is 0.909. The van der Waals surface area contributed by atoms with Gasteiger partial charge in [0.2, 0.25) is 0 Å². The van der Waals surface area contributed by atoms with Crippen molar-refractivity contribution in [3.05, 3.63) is 0 Å². The second-order valence-electron chi connectivity index (χ2n) is 4.12. The molecule has 0 aliphatic carbocycles. The summed E-state index contributed by atoms with van der Waals surface area (Å²) in [5.41, 5.74) is 0. The fourth-order valence-electron chi connectivity index (χ4n) is 1.55. The van der Waals surface area contributed by atoms with Crippen molar-refractivity contribution in [2.75, 3.05) is 27.2 Å². The third-order valence-corrected chi connectivity index (χ3v) is 5.12. The van der Waals surface area contributed by atoms with E-state index in [2.05, 4.69) is 4.74 Å². The molecule has 0 amide bonds. The van der Waals surface area contributed by atoms with E-state index >= 15 is 0 Å². The van der Waals surface area contributed by atoms with Crippen molar-refractivity contribution >= 4 is 16.2 Å². The number of hydrogen-bond acceptors (Lipinski definition) is 4. The highest BCUT2D eigenvalue weighted by molar-refractivity contribution is 7.86. The van der Waals surface area contributed by atoms with E-state index in [1.807, 2.05) is 13.8 Å². The van der Waals surface area contributed by atoms with E-state index in [4.69, 9.17) is 0 Å². The minimum Gasteiger partial charge on any atom is -0.469 e. The van der Waals surface area contributed by atoms with Gasteiger partial charge in [-0.15, -0.1) is 0 Å². The lowest BCUT2D eigenvalue weighted by molar-refractivity contribution is -0.140. The van der Waals surface area contributed by atoms with Crippen molar-refractivity contribution in [1.82, 2.24) is 8.61 Å². The zero-order chi connectivity index (χ0) is 14.3. The van der Waals surface area contributed by atoms with E-state index in [0.717, 1.165) is 6.42 Å². The Hall–Kier alpha value is -0.660. The van der Waals surface area contributed by atoms with E-state index < -0.39 is 16.2 Å². The van der Waals surface area contributed by atoms with Gasteiger partial charge in [0.05, 0.1) is 13.5 Å². The molecule has 0 bridgehead atoms. The molecule has 7 heteroatoms. The van der Waals surface area contributed by atoms with Gasteiger partial charge in [0, 0.05) is 26.2 Å². The third-order valence-electron chi connectivity index (χ3n) is 2.94. The highest BCUT2D eigenvalue weighted by atomic mass is 32.2. The Morgan fingerprint density at radius 1 is 1.33 bits per heavy atom. The second-order valence-corrected chi connectivity index (χ2v) is 6.10. The van der Waals surface area contributed by atoms with Crippen LogP contribution in [0.25, 0.3) is 0 Å². The van der Waals surface area contributed by atoms with Gasteiger partial charge in [-0.2, -0.15) is 17.0 Å². The van der Waals surface area contributed by atoms with Gasteiger partial charge in [-0.05, 0) is 13.3 Å². The standard InChI is InChI=1S/C11H24N2O4S/c1-6-10(3)13(7-2)18(15,16)12(4)9-8-11(14)17-5/h10H,6-9H2,1-5H3. The lowest BCUT2D eigenvalue weighted by Crippen LogP contribution is -2.46. The van der Waals surface area contributed by atoms with Crippen LogP contribution in [0.3, 0.4) is 0 Å². The first-order valence-corrected chi connectivity index (χ1v) is 7.50. The van der Waals surface area contributed by atoms with Gasteiger partial charge in [-0.25, -0.2) is 0 Å². The predicted octanol–water partition coefficient (Wildman–Crippen LogP) is 0.847. The summed E-state index contributed by atoms with van der Waals surface area (Å²) in [4.78, 5) is 11.0. The number of esters is 1. The van der Waals surface area contributed by atoms with Crippen molar-refractivity contribution in [1.29, 1.82) is 0 Å². The molecule has 6 nitrogen and oxygen atoms in total. The van der Waals surface area contributed by atoms with E-state index in [0.29, 0.717) is 6.54 Å². The first kappa shape index (κ1) is 17.3. The molecule has 0 aliphatic rings. The molecule has 0 N–H and O–H groups in total. The maximum atomic E-state index is 12.3. The van der Waals surface area contributed by atoms with Crippen molar-refractivity contribution < 1.29 is 17.9 Å². The van der Waals surface area contributed by atoms with Crippen molar-refractivity contribution in [2.24, 2.45) is 0 Å². The maximum Gasteiger partial charge on any atom is 0.306 e. The zero-order valence-electron chi connectivity index (χ0n) is 11.8. The van der Waals surface area contributed by atoms with E-state index in [1.54, 1.807) is 6.92 Å². The Morgan fingerprint density at radius 3 is 2.28 bits per heavy atom. The Bertz CT molecular complexity index is 356. The molecule has 0 rings (SSSR count). The molecule has 0 fully saturated rings. The number of ether oxygens (including phenoxy) is 1. The zero-order valence-corrected chi connectivity index (χ0v) is 12.7. The Balaban J connectivity index is 4.73. The molecule has 0 radical (unpaired) electrons. The number of hydrogen-bond donors (Lipinski definition) is 0. The smallest absolute Gasteiger partial charge is 0.306 e. The third kappa shape index (κ3) is 4.55. The molecular weight excluding hydrogens is 256 g/mol. The first-order chi connectivity index (χ1) is 8.31. The minimum absolute atomic E-state index is 0.0550. The van der Waals surface area contributed by atoms with Gasteiger partial charge in [-0.3, -0.25) is 4.79 Å². The summed E-state index contributed by atoms with van der Waals surface area (Å²) in [6.45, 7) is 6.16. The van der Waals surface area contributed by atoms with Crippen LogP contribution in [-0.4, -0.2) is 56.3 Å². The summed E-state index contributed by atoms with van der Waals surface area (Å²) in [6.07, 6.45) is 0.808. The van der Waals surface area contributed by atoms with Gasteiger partial charge < -0.3 is 4.74 Å². The summed E-state index contributed by atoms with van der Waals surface area (Å²) in [5.74, 6) is -0.413. The molecule has 0 aromatic carbocycles. The van der Waals surface area contributed by atoms with Crippen molar-refractivity contribution in [3.63, 3.8) is 0 Å². The molecule has 18 heavy (non-hydrogen) atoms. The molecule has 0 aliphatic heterocycles. The Labute approximate surface area is 110 Å². The second kappa shape index (κ2) is 7.70. The molecule has 0 saturated carbocycles. The minimum atomic E-state index is -3.51. The maximum absolute atomic E-state index is 12.3. The Morgan fingerprint density at radius 2 is 1.89 bits per heavy atom. The van der Waals surface area contributed by atoms with E-state index in [-0.39, 0.29) is 19.0 Å².